The maximum absolute atomic E-state index is 12.5. The van der Waals surface area contributed by atoms with Crippen LogP contribution in [-0.4, -0.2) is 33.7 Å². The van der Waals surface area contributed by atoms with Crippen molar-refractivity contribution in [1.82, 2.24) is 9.97 Å². The lowest BCUT2D eigenvalue weighted by Gasteiger charge is -2.09. The average molecular weight is 453 g/mol. The number of nitrogens with zero attached hydrogens (tertiary/aromatic N) is 3. The van der Waals surface area contributed by atoms with Gasteiger partial charge in [-0.15, -0.1) is 11.3 Å². The Hall–Kier alpha value is -3.50. The normalized spacial score (nSPS) is 10.7. The third-order valence-electron chi connectivity index (χ3n) is 4.33. The molecule has 2 aromatic carbocycles. The zero-order chi connectivity index (χ0) is 21.8. The summed E-state index contributed by atoms with van der Waals surface area (Å²) in [7, 11) is 1.42. The zero-order valence-electron chi connectivity index (χ0n) is 16.3. The number of carbonyl (C=O) groups excluding carboxylic acids is 1. The number of amides is 1. The molecular weight excluding hydrogens is 436 g/mol. The molecule has 2 heterocycles. The molecule has 0 saturated carbocycles. The van der Waals surface area contributed by atoms with Crippen molar-refractivity contribution in [3.63, 3.8) is 0 Å². The molecule has 0 saturated heterocycles. The highest BCUT2D eigenvalue weighted by Crippen LogP contribution is 2.31. The summed E-state index contributed by atoms with van der Waals surface area (Å²) in [5.41, 5.74) is 0.669. The van der Waals surface area contributed by atoms with Crippen LogP contribution in [0.5, 0.6) is 5.75 Å². The smallest absolute Gasteiger partial charge is 0.296 e. The zero-order valence-corrected chi connectivity index (χ0v) is 17.9. The van der Waals surface area contributed by atoms with E-state index in [1.165, 1.54) is 42.3 Å². The van der Waals surface area contributed by atoms with E-state index < -0.39 is 4.92 Å². The van der Waals surface area contributed by atoms with E-state index in [1.807, 2.05) is 41.8 Å². The van der Waals surface area contributed by atoms with Crippen molar-refractivity contribution < 1.29 is 14.5 Å². The molecule has 0 unspecified atom stereocenters. The van der Waals surface area contributed by atoms with Crippen LogP contribution in [0.1, 0.15) is 0 Å². The fourth-order valence-electron chi connectivity index (χ4n) is 2.89. The monoisotopic (exact) mass is 452 g/mol. The van der Waals surface area contributed by atoms with E-state index in [0.717, 1.165) is 15.8 Å². The van der Waals surface area contributed by atoms with Crippen LogP contribution in [0.4, 0.5) is 11.4 Å². The van der Waals surface area contributed by atoms with Crippen LogP contribution in [0, 0.1) is 10.1 Å². The Bertz CT molecular complexity index is 1260. The molecule has 156 valence electrons. The van der Waals surface area contributed by atoms with E-state index in [0.29, 0.717) is 16.6 Å². The first-order chi connectivity index (χ1) is 15.0. The Balaban J connectivity index is 1.56. The number of benzene rings is 2. The first kappa shape index (κ1) is 20.8. The third-order valence-corrected chi connectivity index (χ3v) is 6.18. The topological polar surface area (TPSA) is 107 Å². The summed E-state index contributed by atoms with van der Waals surface area (Å²) >= 11 is 2.80. The van der Waals surface area contributed by atoms with E-state index in [1.54, 1.807) is 6.07 Å². The lowest BCUT2D eigenvalue weighted by molar-refractivity contribution is -0.384. The molecule has 10 heteroatoms. The first-order valence-electron chi connectivity index (χ1n) is 9.11. The number of nitro benzene ring substituents is 1. The molecule has 0 atom stereocenters. The van der Waals surface area contributed by atoms with Gasteiger partial charge in [0.15, 0.2) is 5.82 Å². The molecule has 0 radical (unpaired) electrons. The summed E-state index contributed by atoms with van der Waals surface area (Å²) in [5.74, 6) is 0.599. The number of nitrogens with one attached hydrogen (secondary N) is 1. The maximum atomic E-state index is 12.5. The van der Waals surface area contributed by atoms with Gasteiger partial charge in [-0.2, -0.15) is 0 Å². The fraction of sp³-hybridized carbons (Fsp3) is 0.0952. The van der Waals surface area contributed by atoms with Crippen molar-refractivity contribution >= 4 is 51.3 Å². The number of para-hydroxylation sites is 1. The van der Waals surface area contributed by atoms with Crippen LogP contribution in [0.15, 0.2) is 65.0 Å². The van der Waals surface area contributed by atoms with E-state index in [4.69, 9.17) is 4.74 Å². The summed E-state index contributed by atoms with van der Waals surface area (Å²) < 4.78 is 5.02. The minimum atomic E-state index is -0.559. The van der Waals surface area contributed by atoms with E-state index in [9.17, 15) is 14.9 Å². The Morgan fingerprint density at radius 3 is 2.77 bits per heavy atom. The lowest BCUT2D eigenvalue weighted by atomic mass is 10.2. The standard InChI is InChI=1S/C21H16N4O4S2/c1-29-13-8-9-16(17(11-13)25(27)28)22-19(26)12-31-21-14-5-2-3-6-15(14)23-20(24-21)18-7-4-10-30-18/h2-11H,12H2,1H3,(H,22,26). The van der Waals surface area contributed by atoms with Crippen LogP contribution in [-0.2, 0) is 4.79 Å². The number of anilines is 1. The van der Waals surface area contributed by atoms with Gasteiger partial charge in [-0.25, -0.2) is 9.97 Å². The molecular formula is C21H16N4O4S2. The van der Waals surface area contributed by atoms with Gasteiger partial charge in [-0.05, 0) is 29.6 Å². The second-order valence-electron chi connectivity index (χ2n) is 6.32. The SMILES string of the molecule is COc1ccc(NC(=O)CSc2nc(-c3cccs3)nc3ccccc23)c([N+](=O)[O-])c1. The molecule has 4 aromatic rings. The van der Waals surface area contributed by atoms with Gasteiger partial charge in [0.2, 0.25) is 5.91 Å². The second-order valence-corrected chi connectivity index (χ2v) is 8.24. The van der Waals surface area contributed by atoms with Crippen LogP contribution in [0.3, 0.4) is 0 Å². The lowest BCUT2D eigenvalue weighted by Crippen LogP contribution is -2.15. The quantitative estimate of drug-likeness (QED) is 0.182. The first-order valence-corrected chi connectivity index (χ1v) is 11.0. The Morgan fingerprint density at radius 2 is 2.03 bits per heavy atom. The van der Waals surface area contributed by atoms with Gasteiger partial charge in [0.1, 0.15) is 16.5 Å². The highest BCUT2D eigenvalue weighted by Gasteiger charge is 2.18. The highest BCUT2D eigenvalue weighted by molar-refractivity contribution is 8.00. The number of aromatic nitrogens is 2. The Kier molecular flexibility index (Phi) is 6.10. The second kappa shape index (κ2) is 9.11. The van der Waals surface area contributed by atoms with Crippen LogP contribution in [0.25, 0.3) is 21.6 Å². The molecule has 0 aliphatic rings. The van der Waals surface area contributed by atoms with Crippen LogP contribution in [0.2, 0.25) is 0 Å². The summed E-state index contributed by atoms with van der Waals surface area (Å²) in [6.07, 6.45) is 0. The summed E-state index contributed by atoms with van der Waals surface area (Å²) in [5, 5.41) is 17.4. The number of carbonyl (C=O) groups is 1. The average Bonchev–Trinajstić information content (AvgIpc) is 3.32. The highest BCUT2D eigenvalue weighted by atomic mass is 32.2. The van der Waals surface area contributed by atoms with Crippen molar-refractivity contribution in [3.8, 4) is 16.5 Å². The van der Waals surface area contributed by atoms with Gasteiger partial charge in [0.25, 0.3) is 5.69 Å². The fourth-order valence-corrected chi connectivity index (χ4v) is 4.37. The number of methoxy groups -OCH3 is 1. The molecule has 31 heavy (non-hydrogen) atoms. The molecule has 1 N–H and O–H groups in total. The van der Waals surface area contributed by atoms with Crippen molar-refractivity contribution in [1.29, 1.82) is 0 Å². The van der Waals surface area contributed by atoms with E-state index >= 15 is 0 Å². The van der Waals surface area contributed by atoms with Gasteiger partial charge in [-0.1, -0.05) is 36.0 Å². The van der Waals surface area contributed by atoms with Gasteiger partial charge in [0, 0.05) is 5.39 Å². The molecule has 4 rings (SSSR count). The van der Waals surface area contributed by atoms with Crippen molar-refractivity contribution in [2.45, 2.75) is 5.03 Å². The number of nitro groups is 1. The van der Waals surface area contributed by atoms with Crippen molar-refractivity contribution in [2.75, 3.05) is 18.2 Å². The Morgan fingerprint density at radius 1 is 1.19 bits per heavy atom. The Labute approximate surface area is 185 Å². The molecule has 1 amide bonds. The number of hydrogen-bond acceptors (Lipinski definition) is 8. The molecule has 0 fully saturated rings. The summed E-state index contributed by atoms with van der Waals surface area (Å²) in [6, 6.07) is 15.8. The number of thiophene rings is 1. The summed E-state index contributed by atoms with van der Waals surface area (Å²) in [6.45, 7) is 0. The van der Waals surface area contributed by atoms with Crippen LogP contribution >= 0.6 is 23.1 Å². The van der Waals surface area contributed by atoms with Gasteiger partial charge < -0.3 is 10.1 Å². The van der Waals surface area contributed by atoms with Crippen molar-refractivity contribution in [2.24, 2.45) is 0 Å². The van der Waals surface area contributed by atoms with Crippen LogP contribution < -0.4 is 10.1 Å². The molecule has 2 aromatic heterocycles. The van der Waals surface area contributed by atoms with Gasteiger partial charge in [0.05, 0.1) is 34.2 Å². The number of thioether (sulfide) groups is 1. The largest absolute Gasteiger partial charge is 0.496 e. The predicted octanol–water partition coefficient (Wildman–Crippen LogP) is 5.01. The third kappa shape index (κ3) is 4.65. The van der Waals surface area contributed by atoms with E-state index in [2.05, 4.69) is 15.3 Å². The predicted molar refractivity (Wildman–Crippen MR) is 122 cm³/mol. The number of hydrogen-bond donors (Lipinski definition) is 1. The summed E-state index contributed by atoms with van der Waals surface area (Å²) in [4.78, 5) is 33.5. The minimum Gasteiger partial charge on any atom is -0.496 e. The number of rotatable bonds is 7. The van der Waals surface area contributed by atoms with E-state index in [-0.39, 0.29) is 23.0 Å². The minimum absolute atomic E-state index is 0.0358. The number of fused-ring (bicyclic) bond motifs is 1. The molecule has 0 bridgehead atoms. The molecule has 0 spiro atoms. The maximum Gasteiger partial charge on any atom is 0.296 e. The molecule has 0 aliphatic carbocycles. The van der Waals surface area contributed by atoms with Gasteiger partial charge >= 0.3 is 0 Å². The van der Waals surface area contributed by atoms with Crippen molar-refractivity contribution in [3.05, 3.63) is 70.1 Å². The molecule has 8 nitrogen and oxygen atoms in total. The van der Waals surface area contributed by atoms with Gasteiger partial charge in [-0.3, -0.25) is 14.9 Å². The number of ether oxygens (including phenoxy) is 1. The molecule has 0 aliphatic heterocycles.